The summed E-state index contributed by atoms with van der Waals surface area (Å²) in [4.78, 5) is 13.4. The minimum atomic E-state index is -4.25. The van der Waals surface area contributed by atoms with Gasteiger partial charge in [0.2, 0.25) is 5.13 Å². The molecule has 6 nitrogen and oxygen atoms in total. The number of aromatic nitrogens is 4. The van der Waals surface area contributed by atoms with Crippen molar-refractivity contribution < 1.29 is 17.6 Å². The third-order valence-corrected chi connectivity index (χ3v) is 6.44. The maximum atomic E-state index is 12.7. The number of piperazine rings is 1. The SMILES string of the molecule is FCCc1nnc(N2CCN(c3ncnc4sc(CC(F)(F)F)cc34)CC2)s1. The molecular formula is C16H16F4N6S2. The van der Waals surface area contributed by atoms with Gasteiger partial charge in [0.1, 0.15) is 22.0 Å². The zero-order valence-electron chi connectivity index (χ0n) is 14.6. The molecule has 1 fully saturated rings. The lowest BCUT2D eigenvalue weighted by Gasteiger charge is -2.35. The summed E-state index contributed by atoms with van der Waals surface area (Å²) >= 11 is 2.44. The highest BCUT2D eigenvalue weighted by Crippen LogP contribution is 2.34. The molecule has 0 unspecified atom stereocenters. The van der Waals surface area contributed by atoms with Crippen LogP contribution in [0.3, 0.4) is 0 Å². The van der Waals surface area contributed by atoms with Gasteiger partial charge in [-0.3, -0.25) is 4.39 Å². The maximum Gasteiger partial charge on any atom is 0.393 e. The van der Waals surface area contributed by atoms with Crippen LogP contribution in [-0.4, -0.2) is 59.2 Å². The van der Waals surface area contributed by atoms with Gasteiger partial charge in [0.25, 0.3) is 0 Å². The van der Waals surface area contributed by atoms with E-state index in [-0.39, 0.29) is 11.3 Å². The first-order valence-corrected chi connectivity index (χ1v) is 10.2. The molecule has 0 atom stereocenters. The molecule has 28 heavy (non-hydrogen) atoms. The van der Waals surface area contributed by atoms with Crippen LogP contribution in [0.15, 0.2) is 12.4 Å². The fourth-order valence-corrected chi connectivity index (χ4v) is 4.98. The zero-order valence-corrected chi connectivity index (χ0v) is 16.2. The maximum absolute atomic E-state index is 12.7. The number of halogens is 4. The van der Waals surface area contributed by atoms with Crippen molar-refractivity contribution in [3.63, 3.8) is 0 Å². The van der Waals surface area contributed by atoms with Crippen molar-refractivity contribution in [2.75, 3.05) is 42.7 Å². The molecule has 1 aliphatic heterocycles. The average Bonchev–Trinajstić information content (AvgIpc) is 3.27. The van der Waals surface area contributed by atoms with E-state index < -0.39 is 19.3 Å². The molecule has 150 valence electrons. The Morgan fingerprint density at radius 3 is 2.46 bits per heavy atom. The second-order valence-corrected chi connectivity index (χ2v) is 8.47. The standard InChI is InChI=1S/C16H16F4N6S2/c17-2-1-12-23-24-15(28-12)26-5-3-25(4-6-26)13-11-7-10(8-16(18,19)20)27-14(11)22-9-21-13/h7,9H,1-6,8H2. The van der Waals surface area contributed by atoms with Crippen LogP contribution in [0.5, 0.6) is 0 Å². The second-order valence-electron chi connectivity index (χ2n) is 6.31. The summed E-state index contributed by atoms with van der Waals surface area (Å²) in [6.45, 7) is 2.19. The molecule has 1 saturated heterocycles. The molecule has 4 heterocycles. The van der Waals surface area contributed by atoms with Gasteiger partial charge in [0.15, 0.2) is 0 Å². The Kier molecular flexibility index (Phi) is 5.32. The van der Waals surface area contributed by atoms with Gasteiger partial charge in [0, 0.05) is 37.5 Å². The normalized spacial score (nSPS) is 15.6. The van der Waals surface area contributed by atoms with E-state index in [0.717, 1.165) is 16.5 Å². The molecule has 0 saturated carbocycles. The van der Waals surface area contributed by atoms with E-state index in [0.29, 0.717) is 47.2 Å². The first-order valence-electron chi connectivity index (χ1n) is 8.61. The van der Waals surface area contributed by atoms with Crippen LogP contribution in [0, 0.1) is 0 Å². The van der Waals surface area contributed by atoms with Gasteiger partial charge in [-0.15, -0.1) is 21.5 Å². The molecule has 0 amide bonds. The van der Waals surface area contributed by atoms with Crippen LogP contribution < -0.4 is 9.80 Å². The third kappa shape index (κ3) is 4.17. The van der Waals surface area contributed by atoms with E-state index in [1.165, 1.54) is 17.7 Å². The summed E-state index contributed by atoms with van der Waals surface area (Å²) in [5, 5.41) is 10.2. The van der Waals surface area contributed by atoms with Crippen molar-refractivity contribution in [3.05, 3.63) is 22.3 Å². The molecule has 0 N–H and O–H groups in total. The van der Waals surface area contributed by atoms with Gasteiger partial charge in [-0.25, -0.2) is 9.97 Å². The summed E-state index contributed by atoms with van der Waals surface area (Å²) < 4.78 is 50.5. The van der Waals surface area contributed by atoms with Crippen molar-refractivity contribution in [2.45, 2.75) is 19.0 Å². The topological polar surface area (TPSA) is 58.0 Å². The fraction of sp³-hybridized carbons (Fsp3) is 0.500. The van der Waals surface area contributed by atoms with Crippen LogP contribution in [0.2, 0.25) is 0 Å². The number of aryl methyl sites for hydroxylation is 1. The summed E-state index contributed by atoms with van der Waals surface area (Å²) in [7, 11) is 0. The Morgan fingerprint density at radius 2 is 1.75 bits per heavy atom. The van der Waals surface area contributed by atoms with Crippen molar-refractivity contribution in [1.82, 2.24) is 20.2 Å². The van der Waals surface area contributed by atoms with Crippen molar-refractivity contribution in [2.24, 2.45) is 0 Å². The minimum absolute atomic E-state index is 0.233. The van der Waals surface area contributed by atoms with E-state index in [1.54, 1.807) is 6.07 Å². The van der Waals surface area contributed by atoms with E-state index >= 15 is 0 Å². The van der Waals surface area contributed by atoms with Crippen molar-refractivity contribution in [1.29, 1.82) is 0 Å². The molecule has 0 spiro atoms. The molecule has 0 aromatic carbocycles. The Morgan fingerprint density at radius 1 is 1.00 bits per heavy atom. The van der Waals surface area contributed by atoms with Gasteiger partial charge in [-0.05, 0) is 6.07 Å². The highest BCUT2D eigenvalue weighted by molar-refractivity contribution is 7.18. The molecular weight excluding hydrogens is 416 g/mol. The predicted molar refractivity (Wildman–Crippen MR) is 101 cm³/mol. The van der Waals surface area contributed by atoms with Crippen molar-refractivity contribution >= 4 is 43.8 Å². The highest BCUT2D eigenvalue weighted by atomic mass is 32.1. The smallest absolute Gasteiger partial charge is 0.352 e. The van der Waals surface area contributed by atoms with Crippen molar-refractivity contribution in [3.8, 4) is 0 Å². The third-order valence-electron chi connectivity index (χ3n) is 4.35. The molecule has 0 aliphatic carbocycles. The Hall–Kier alpha value is -2.08. The number of alkyl halides is 4. The Bertz CT molecular complexity index is 948. The number of fused-ring (bicyclic) bond motifs is 1. The van der Waals surface area contributed by atoms with Crippen LogP contribution >= 0.6 is 22.7 Å². The summed E-state index contributed by atoms with van der Waals surface area (Å²) in [6.07, 6.45) is -3.54. The largest absolute Gasteiger partial charge is 0.393 e. The second kappa shape index (κ2) is 7.74. The van der Waals surface area contributed by atoms with Crippen LogP contribution in [0.25, 0.3) is 10.2 Å². The van der Waals surface area contributed by atoms with Crippen LogP contribution in [0.4, 0.5) is 28.5 Å². The molecule has 12 heteroatoms. The van der Waals surface area contributed by atoms with E-state index in [1.807, 2.05) is 4.90 Å². The van der Waals surface area contributed by atoms with Crippen LogP contribution in [-0.2, 0) is 12.8 Å². The van der Waals surface area contributed by atoms with Crippen LogP contribution in [0.1, 0.15) is 9.88 Å². The monoisotopic (exact) mass is 432 g/mol. The van der Waals surface area contributed by atoms with Gasteiger partial charge < -0.3 is 9.80 Å². The summed E-state index contributed by atoms with van der Waals surface area (Å²) in [5.41, 5.74) is 0. The molecule has 1 aliphatic rings. The van der Waals surface area contributed by atoms with E-state index in [2.05, 4.69) is 25.1 Å². The first kappa shape index (κ1) is 19.2. The molecule has 0 bridgehead atoms. The lowest BCUT2D eigenvalue weighted by molar-refractivity contribution is -0.126. The number of rotatable bonds is 5. The lowest BCUT2D eigenvalue weighted by Crippen LogP contribution is -2.46. The average molecular weight is 432 g/mol. The number of thiophene rings is 1. The molecule has 0 radical (unpaired) electrons. The summed E-state index contributed by atoms with van der Waals surface area (Å²) in [5.74, 6) is 0.657. The number of nitrogens with zero attached hydrogens (tertiary/aromatic N) is 6. The predicted octanol–water partition coefficient (Wildman–Crippen LogP) is 3.49. The van der Waals surface area contributed by atoms with Gasteiger partial charge in [-0.2, -0.15) is 13.2 Å². The van der Waals surface area contributed by atoms with Gasteiger partial charge in [-0.1, -0.05) is 11.3 Å². The quantitative estimate of drug-likeness (QED) is 0.576. The molecule has 3 aromatic rings. The van der Waals surface area contributed by atoms with E-state index in [9.17, 15) is 17.6 Å². The van der Waals surface area contributed by atoms with Gasteiger partial charge in [0.05, 0.1) is 18.5 Å². The molecule has 3 aromatic heterocycles. The summed E-state index contributed by atoms with van der Waals surface area (Å²) in [6, 6.07) is 1.54. The Labute approximate surface area is 165 Å². The number of anilines is 2. The fourth-order valence-electron chi connectivity index (χ4n) is 3.09. The Balaban J connectivity index is 1.48. The zero-order chi connectivity index (χ0) is 19.7. The lowest BCUT2D eigenvalue weighted by atomic mass is 10.2. The first-order chi connectivity index (χ1) is 13.4. The van der Waals surface area contributed by atoms with Gasteiger partial charge >= 0.3 is 6.18 Å². The highest BCUT2D eigenvalue weighted by Gasteiger charge is 2.29. The minimum Gasteiger partial charge on any atom is -0.352 e. The van der Waals surface area contributed by atoms with E-state index in [4.69, 9.17) is 0 Å². The molecule has 4 rings (SSSR count). The number of hydrogen-bond acceptors (Lipinski definition) is 8. The number of hydrogen-bond donors (Lipinski definition) is 0.